The average molecular weight is 676 g/mol. The molecule has 1 aliphatic rings. The van der Waals surface area contributed by atoms with Crippen LogP contribution in [0.25, 0.3) is 10.8 Å². The van der Waals surface area contributed by atoms with E-state index in [-0.39, 0.29) is 6.10 Å². The molecule has 0 aliphatic carbocycles. The molecule has 2 unspecified atom stereocenters. The van der Waals surface area contributed by atoms with Gasteiger partial charge in [0.15, 0.2) is 0 Å². The van der Waals surface area contributed by atoms with Crippen LogP contribution in [0.15, 0.2) is 76.2 Å². The fraction of sp³-hybridized carbons (Fsp3) is 0.208. The van der Waals surface area contributed by atoms with Crippen molar-refractivity contribution in [1.29, 1.82) is 0 Å². The Kier molecular flexibility index (Phi) is 8.94. The van der Waals surface area contributed by atoms with Crippen molar-refractivity contribution in [2.75, 3.05) is 13.2 Å². The van der Waals surface area contributed by atoms with E-state index < -0.39 is 10.9 Å². The van der Waals surface area contributed by atoms with Gasteiger partial charge < -0.3 is 24.0 Å². The summed E-state index contributed by atoms with van der Waals surface area (Å²) in [5.41, 5.74) is 0.710. The monoisotopic (exact) mass is 673 g/mol. The van der Waals surface area contributed by atoms with Crippen LogP contribution in [0.4, 0.5) is 0 Å². The lowest BCUT2D eigenvalue weighted by atomic mass is 10.1. The quantitative estimate of drug-likeness (QED) is 0.176. The zero-order chi connectivity index (χ0) is 26.6. The second-order valence-corrected chi connectivity index (χ2v) is 10.5. The zero-order valence-electron chi connectivity index (χ0n) is 18.9. The molecule has 9 nitrogen and oxygen atoms in total. The van der Waals surface area contributed by atoms with Gasteiger partial charge >= 0.3 is 0 Å². The van der Waals surface area contributed by atoms with Gasteiger partial charge in [0.05, 0.1) is 29.0 Å². The summed E-state index contributed by atoms with van der Waals surface area (Å²) in [4.78, 5) is 12.5. The summed E-state index contributed by atoms with van der Waals surface area (Å²) < 4.78 is 22.6. The van der Waals surface area contributed by atoms with Gasteiger partial charge in [0.2, 0.25) is 5.79 Å². The lowest BCUT2D eigenvalue weighted by Crippen LogP contribution is -2.34. The Morgan fingerprint density at radius 2 is 2.00 bits per heavy atom. The lowest BCUT2D eigenvalue weighted by Gasteiger charge is -2.30. The van der Waals surface area contributed by atoms with Crippen LogP contribution in [0.2, 0.25) is 10.0 Å². The van der Waals surface area contributed by atoms with Crippen molar-refractivity contribution in [2.45, 2.75) is 18.4 Å². The Morgan fingerprint density at radius 1 is 1.22 bits per heavy atom. The molecule has 0 amide bonds. The second-order valence-electron chi connectivity index (χ2n) is 7.95. The molecule has 0 spiro atoms. The fourth-order valence-electron chi connectivity index (χ4n) is 3.91. The minimum absolute atomic E-state index is 0.298. The van der Waals surface area contributed by atoms with Crippen molar-refractivity contribution in [3.05, 3.63) is 102 Å². The zero-order valence-corrected chi connectivity index (χ0v) is 23.6. The molecular weight excluding hydrogens is 657 g/mol. The van der Waals surface area contributed by atoms with Gasteiger partial charge in [0.25, 0.3) is 5.09 Å². The number of hydrogen-bond donors (Lipinski definition) is 1. The van der Waals surface area contributed by atoms with Crippen LogP contribution in [0.3, 0.4) is 0 Å². The summed E-state index contributed by atoms with van der Waals surface area (Å²) in [6.07, 6.45) is 4.98. The summed E-state index contributed by atoms with van der Waals surface area (Å²) >= 11 is 19.8. The van der Waals surface area contributed by atoms with Crippen LogP contribution in [0, 0.1) is 10.1 Å². The van der Waals surface area contributed by atoms with Gasteiger partial charge in [-0.25, -0.2) is 4.98 Å². The predicted molar refractivity (Wildman–Crippen MR) is 145 cm³/mol. The molecule has 3 aromatic carbocycles. The summed E-state index contributed by atoms with van der Waals surface area (Å²) in [5.74, 6) is -0.339. The molecular formula is C24H19Br2Cl2N3O6. The van der Waals surface area contributed by atoms with E-state index in [0.29, 0.717) is 35.4 Å². The van der Waals surface area contributed by atoms with E-state index in [9.17, 15) is 0 Å². The number of benzene rings is 3. The largest absolute Gasteiger partial charge is 0.490 e. The molecule has 0 radical (unpaired) electrons. The minimum atomic E-state index is -1.50. The van der Waals surface area contributed by atoms with Crippen LogP contribution in [-0.4, -0.2) is 39.2 Å². The summed E-state index contributed by atoms with van der Waals surface area (Å²) in [6, 6.07) is 15.4. The van der Waals surface area contributed by atoms with Crippen LogP contribution < -0.4 is 4.74 Å². The third-order valence-electron chi connectivity index (χ3n) is 5.46. The third kappa shape index (κ3) is 6.73. The van der Waals surface area contributed by atoms with Crippen LogP contribution in [0.1, 0.15) is 5.56 Å². The molecule has 1 aromatic heterocycles. The highest BCUT2D eigenvalue weighted by molar-refractivity contribution is 9.11. The Labute approximate surface area is 238 Å². The highest BCUT2D eigenvalue weighted by Crippen LogP contribution is 2.41. The van der Waals surface area contributed by atoms with Crippen LogP contribution >= 0.6 is 55.1 Å². The predicted octanol–water partition coefficient (Wildman–Crippen LogP) is 6.87. The summed E-state index contributed by atoms with van der Waals surface area (Å²) in [5, 5.41) is 16.8. The molecule has 5 rings (SSSR count). The van der Waals surface area contributed by atoms with Crippen molar-refractivity contribution < 1.29 is 24.5 Å². The number of nitrogens with zero attached hydrogens (tertiary/aromatic N) is 3. The molecule has 4 aromatic rings. The first-order chi connectivity index (χ1) is 17.7. The first-order valence-corrected chi connectivity index (χ1v) is 13.1. The molecule has 1 fully saturated rings. The first-order valence-electron chi connectivity index (χ1n) is 10.7. The van der Waals surface area contributed by atoms with Gasteiger partial charge in [0.1, 0.15) is 18.5 Å². The van der Waals surface area contributed by atoms with Crippen LogP contribution in [-0.2, 0) is 21.8 Å². The number of ether oxygens (including phenoxy) is 3. The second kappa shape index (κ2) is 12.0. The molecule has 0 saturated carbocycles. The van der Waals surface area contributed by atoms with Gasteiger partial charge in [-0.05, 0) is 57.0 Å². The van der Waals surface area contributed by atoms with Crippen molar-refractivity contribution in [2.24, 2.45) is 0 Å². The Bertz CT molecular complexity index is 1410. The highest BCUT2D eigenvalue weighted by atomic mass is 79.9. The van der Waals surface area contributed by atoms with Crippen molar-refractivity contribution in [3.8, 4) is 5.75 Å². The molecule has 37 heavy (non-hydrogen) atoms. The number of hydrogen-bond acceptors (Lipinski definition) is 6. The van der Waals surface area contributed by atoms with Gasteiger partial charge in [-0.3, -0.25) is 0 Å². The lowest BCUT2D eigenvalue weighted by molar-refractivity contribution is -0.742. The van der Waals surface area contributed by atoms with E-state index in [1.54, 1.807) is 24.7 Å². The number of rotatable bonds is 6. The topological polar surface area (TPSA) is 109 Å². The molecule has 2 atom stereocenters. The summed E-state index contributed by atoms with van der Waals surface area (Å²) in [7, 11) is 0. The highest BCUT2D eigenvalue weighted by Gasteiger charge is 2.45. The standard InChI is InChI=1S/C24H18Br2Cl2N2O3.HNO3/c25-16-2-4-19-15(9-16)1-6-22(23(19)26)31-11-18-12-32-24(33-18,13-30-8-7-29-14-30)20-5-3-17(27)10-21(20)28;2-1(3)4/h1-10,14,18H,11-13H2;(H,2,3,4). The number of imidazole rings is 1. The van der Waals surface area contributed by atoms with Crippen molar-refractivity contribution in [3.63, 3.8) is 0 Å². The molecule has 2 heterocycles. The van der Waals surface area contributed by atoms with E-state index in [0.717, 1.165) is 25.5 Å². The first kappa shape index (κ1) is 27.6. The maximum absolute atomic E-state index is 8.36. The SMILES string of the molecule is Clc1ccc(C2(Cn3ccnc3)OCC(COc3ccc4cc(Br)ccc4c3Br)O2)c(Cl)c1.O=[N+]([O-])O. The summed E-state index contributed by atoms with van der Waals surface area (Å²) in [6.45, 7) is 1.06. The van der Waals surface area contributed by atoms with Gasteiger partial charge in [-0.1, -0.05) is 57.3 Å². The van der Waals surface area contributed by atoms with Crippen molar-refractivity contribution >= 4 is 65.8 Å². The smallest absolute Gasteiger partial charge is 0.291 e. The average Bonchev–Trinajstić information content (AvgIpc) is 3.49. The number of halogens is 4. The Balaban J connectivity index is 0.000000747. The van der Waals surface area contributed by atoms with Gasteiger partial charge in [-0.15, -0.1) is 10.1 Å². The van der Waals surface area contributed by atoms with Crippen molar-refractivity contribution in [1.82, 2.24) is 9.55 Å². The van der Waals surface area contributed by atoms with E-state index in [4.69, 9.17) is 52.7 Å². The number of fused-ring (bicyclic) bond motifs is 1. The van der Waals surface area contributed by atoms with E-state index in [2.05, 4.69) is 42.9 Å². The molecule has 13 heteroatoms. The molecule has 1 aliphatic heterocycles. The molecule has 194 valence electrons. The normalized spacial score (nSPS) is 18.9. The molecule has 1 saturated heterocycles. The maximum Gasteiger partial charge on any atom is 0.291 e. The maximum atomic E-state index is 8.36. The van der Waals surface area contributed by atoms with E-state index in [1.165, 1.54) is 0 Å². The minimum Gasteiger partial charge on any atom is -0.490 e. The molecule has 1 N–H and O–H groups in total. The van der Waals surface area contributed by atoms with E-state index >= 15 is 0 Å². The number of aromatic nitrogens is 2. The van der Waals surface area contributed by atoms with Gasteiger partial charge in [-0.2, -0.15) is 0 Å². The Morgan fingerprint density at radius 3 is 2.70 bits per heavy atom. The van der Waals surface area contributed by atoms with E-state index in [1.807, 2.05) is 41.1 Å². The fourth-order valence-corrected chi connectivity index (χ4v) is 5.45. The van der Waals surface area contributed by atoms with Gasteiger partial charge in [0, 0.05) is 27.5 Å². The molecule has 0 bridgehead atoms. The third-order valence-corrected chi connectivity index (χ3v) is 7.32. The van der Waals surface area contributed by atoms with Crippen LogP contribution in [0.5, 0.6) is 5.75 Å². The Hall–Kier alpha value is -2.41.